The molecule has 0 amide bonds. The molecule has 2 rings (SSSR count). The average Bonchev–Trinajstić information content (AvgIpc) is 2.78. The molecule has 0 saturated carbocycles. The van der Waals surface area contributed by atoms with Crippen molar-refractivity contribution in [2.75, 3.05) is 19.6 Å². The number of sulfonamides is 1. The lowest BCUT2D eigenvalue weighted by atomic mass is 9.93. The summed E-state index contributed by atoms with van der Waals surface area (Å²) in [6.07, 6.45) is 0.919. The Morgan fingerprint density at radius 1 is 1.33 bits per heavy atom. The fourth-order valence-corrected chi connectivity index (χ4v) is 4.61. The van der Waals surface area contributed by atoms with Crippen LogP contribution in [-0.2, 0) is 16.6 Å². The molecule has 0 bridgehead atoms. The summed E-state index contributed by atoms with van der Waals surface area (Å²) < 4.78 is 27.4. The molecule has 0 spiro atoms. The Morgan fingerprint density at radius 2 is 2.05 bits per heavy atom. The van der Waals surface area contributed by atoms with Crippen LogP contribution in [0.3, 0.4) is 0 Å². The van der Waals surface area contributed by atoms with Crippen LogP contribution >= 0.6 is 0 Å². The molecule has 118 valence electrons. The summed E-state index contributed by atoms with van der Waals surface area (Å²) in [6, 6.07) is 5.71. The molecule has 1 N–H and O–H groups in total. The Balaban J connectivity index is 2.31. The van der Waals surface area contributed by atoms with E-state index >= 15 is 0 Å². The van der Waals surface area contributed by atoms with Gasteiger partial charge >= 0.3 is 0 Å². The molecule has 5 heteroatoms. The molecular formula is C16H26N2O2S. The zero-order chi connectivity index (χ0) is 15.7. The second-order valence-corrected chi connectivity index (χ2v) is 8.54. The topological polar surface area (TPSA) is 49.4 Å². The molecule has 21 heavy (non-hydrogen) atoms. The van der Waals surface area contributed by atoms with E-state index in [-0.39, 0.29) is 5.41 Å². The van der Waals surface area contributed by atoms with Crippen LogP contribution in [0.5, 0.6) is 0 Å². The summed E-state index contributed by atoms with van der Waals surface area (Å²) in [5.74, 6) is 0. The minimum absolute atomic E-state index is 0.0718. The smallest absolute Gasteiger partial charge is 0.243 e. The van der Waals surface area contributed by atoms with Crippen molar-refractivity contribution >= 4 is 10.0 Å². The summed E-state index contributed by atoms with van der Waals surface area (Å²) in [4.78, 5) is 0.454. The Labute approximate surface area is 128 Å². The van der Waals surface area contributed by atoms with Crippen LogP contribution in [0, 0.1) is 12.3 Å². The predicted octanol–water partition coefficient (Wildman–Crippen LogP) is 2.53. The van der Waals surface area contributed by atoms with E-state index in [0.717, 1.165) is 24.1 Å². The molecule has 0 aromatic heterocycles. The van der Waals surface area contributed by atoms with Gasteiger partial charge in [-0.2, -0.15) is 4.31 Å². The zero-order valence-electron chi connectivity index (χ0n) is 13.4. The summed E-state index contributed by atoms with van der Waals surface area (Å²) >= 11 is 0. The van der Waals surface area contributed by atoms with Crippen molar-refractivity contribution in [3.63, 3.8) is 0 Å². The zero-order valence-corrected chi connectivity index (χ0v) is 14.3. The molecule has 1 saturated heterocycles. The third kappa shape index (κ3) is 3.65. The number of hydrogen-bond acceptors (Lipinski definition) is 3. The van der Waals surface area contributed by atoms with E-state index in [0.29, 0.717) is 24.5 Å². The standard InChI is InChI=1S/C16H26N2O2S/c1-5-17-11-14-7-6-13(2)15(10-14)21(19,20)18-9-8-16(3,4)12-18/h6-7,10,17H,5,8-9,11-12H2,1-4H3. The SMILES string of the molecule is CCNCc1ccc(C)c(S(=O)(=O)N2CCC(C)(C)C2)c1. The molecular weight excluding hydrogens is 284 g/mol. The van der Waals surface area contributed by atoms with E-state index in [1.54, 1.807) is 4.31 Å². The first-order valence-electron chi connectivity index (χ1n) is 7.57. The van der Waals surface area contributed by atoms with Crippen molar-refractivity contribution < 1.29 is 8.42 Å². The van der Waals surface area contributed by atoms with Gasteiger partial charge in [0.15, 0.2) is 0 Å². The van der Waals surface area contributed by atoms with Gasteiger partial charge in [-0.05, 0) is 42.5 Å². The van der Waals surface area contributed by atoms with Crippen molar-refractivity contribution in [3.05, 3.63) is 29.3 Å². The third-order valence-corrected chi connectivity index (χ3v) is 6.08. The number of benzene rings is 1. The van der Waals surface area contributed by atoms with E-state index < -0.39 is 10.0 Å². The molecule has 1 aliphatic heterocycles. The Morgan fingerprint density at radius 3 is 2.62 bits per heavy atom. The number of rotatable bonds is 5. The molecule has 0 radical (unpaired) electrons. The van der Waals surface area contributed by atoms with Crippen molar-refractivity contribution in [3.8, 4) is 0 Å². The minimum Gasteiger partial charge on any atom is -0.313 e. The highest BCUT2D eigenvalue weighted by Gasteiger charge is 2.37. The fourth-order valence-electron chi connectivity index (χ4n) is 2.71. The van der Waals surface area contributed by atoms with Gasteiger partial charge in [0.1, 0.15) is 0 Å². The van der Waals surface area contributed by atoms with Gasteiger partial charge in [-0.15, -0.1) is 0 Å². The van der Waals surface area contributed by atoms with Crippen LogP contribution in [-0.4, -0.2) is 32.4 Å². The summed E-state index contributed by atoms with van der Waals surface area (Å²) in [5, 5.41) is 3.24. The number of aryl methyl sites for hydroxylation is 1. The Bertz CT molecular complexity index is 609. The molecule has 4 nitrogen and oxygen atoms in total. The highest BCUT2D eigenvalue weighted by atomic mass is 32.2. The van der Waals surface area contributed by atoms with E-state index in [4.69, 9.17) is 0 Å². The maximum Gasteiger partial charge on any atom is 0.243 e. The van der Waals surface area contributed by atoms with E-state index in [2.05, 4.69) is 19.2 Å². The van der Waals surface area contributed by atoms with Gasteiger partial charge in [-0.25, -0.2) is 8.42 Å². The van der Waals surface area contributed by atoms with Crippen molar-refractivity contribution in [1.82, 2.24) is 9.62 Å². The van der Waals surface area contributed by atoms with Gasteiger partial charge in [0, 0.05) is 19.6 Å². The first-order chi connectivity index (χ1) is 9.76. The van der Waals surface area contributed by atoms with Crippen molar-refractivity contribution in [2.24, 2.45) is 5.41 Å². The van der Waals surface area contributed by atoms with Crippen LogP contribution in [0.4, 0.5) is 0 Å². The fraction of sp³-hybridized carbons (Fsp3) is 0.625. The van der Waals surface area contributed by atoms with Crippen LogP contribution in [0.25, 0.3) is 0 Å². The van der Waals surface area contributed by atoms with E-state index in [9.17, 15) is 8.42 Å². The maximum absolute atomic E-state index is 12.9. The lowest BCUT2D eigenvalue weighted by Crippen LogP contribution is -2.31. The largest absolute Gasteiger partial charge is 0.313 e. The third-order valence-electron chi connectivity index (χ3n) is 4.09. The molecule has 0 atom stereocenters. The first-order valence-corrected chi connectivity index (χ1v) is 9.01. The van der Waals surface area contributed by atoms with E-state index in [1.165, 1.54) is 0 Å². The Kier molecular flexibility index (Phi) is 4.76. The maximum atomic E-state index is 12.9. The van der Waals surface area contributed by atoms with Gasteiger partial charge in [-0.1, -0.05) is 32.9 Å². The molecule has 1 aliphatic rings. The van der Waals surface area contributed by atoms with Crippen LogP contribution in [0.2, 0.25) is 0 Å². The molecule has 0 unspecified atom stereocenters. The molecule has 1 heterocycles. The van der Waals surface area contributed by atoms with Crippen molar-refractivity contribution in [1.29, 1.82) is 0 Å². The van der Waals surface area contributed by atoms with Gasteiger partial charge in [0.2, 0.25) is 10.0 Å². The summed E-state index contributed by atoms with van der Waals surface area (Å²) in [6.45, 7) is 10.9. The van der Waals surface area contributed by atoms with Crippen LogP contribution in [0.1, 0.15) is 38.3 Å². The molecule has 1 aromatic carbocycles. The van der Waals surface area contributed by atoms with Crippen molar-refractivity contribution in [2.45, 2.75) is 45.6 Å². The highest BCUT2D eigenvalue weighted by molar-refractivity contribution is 7.89. The van der Waals surface area contributed by atoms with Crippen LogP contribution in [0.15, 0.2) is 23.1 Å². The second kappa shape index (κ2) is 6.07. The van der Waals surface area contributed by atoms with Crippen LogP contribution < -0.4 is 5.32 Å². The van der Waals surface area contributed by atoms with E-state index in [1.807, 2.05) is 32.0 Å². The molecule has 1 aromatic rings. The number of hydrogen-bond donors (Lipinski definition) is 1. The quantitative estimate of drug-likeness (QED) is 0.909. The lowest BCUT2D eigenvalue weighted by molar-refractivity contribution is 0.375. The molecule has 0 aliphatic carbocycles. The average molecular weight is 310 g/mol. The number of nitrogens with zero attached hydrogens (tertiary/aromatic N) is 1. The number of nitrogens with one attached hydrogen (secondary N) is 1. The first kappa shape index (κ1) is 16.5. The predicted molar refractivity (Wildman–Crippen MR) is 85.7 cm³/mol. The monoisotopic (exact) mass is 310 g/mol. The van der Waals surface area contributed by atoms with Gasteiger partial charge in [0.05, 0.1) is 4.90 Å². The summed E-state index contributed by atoms with van der Waals surface area (Å²) in [7, 11) is -3.38. The highest BCUT2D eigenvalue weighted by Crippen LogP contribution is 2.33. The van der Waals surface area contributed by atoms with Gasteiger partial charge in [0.25, 0.3) is 0 Å². The van der Waals surface area contributed by atoms with Gasteiger partial charge < -0.3 is 5.32 Å². The molecule has 1 fully saturated rings. The minimum atomic E-state index is -3.38. The second-order valence-electron chi connectivity index (χ2n) is 6.63. The normalized spacial score (nSPS) is 19.0. The lowest BCUT2D eigenvalue weighted by Gasteiger charge is -2.21. The van der Waals surface area contributed by atoms with Gasteiger partial charge in [-0.3, -0.25) is 0 Å². The summed E-state index contributed by atoms with van der Waals surface area (Å²) in [5.41, 5.74) is 1.90. The Hall–Kier alpha value is -0.910.